The number of nitrogens with one attached hydrogen (secondary N) is 1. The van der Waals surface area contributed by atoms with Crippen molar-refractivity contribution in [3.05, 3.63) is 23.3 Å². The highest BCUT2D eigenvalue weighted by atomic mass is 19.4. The van der Waals surface area contributed by atoms with Gasteiger partial charge in [0.05, 0.1) is 6.54 Å². The molecular formula is C9H8F3N3O3. The van der Waals surface area contributed by atoms with E-state index in [1.54, 1.807) is 0 Å². The molecule has 1 aromatic rings. The number of carbonyl (C=O) groups is 2. The number of carbonyl (C=O) groups excluding carboxylic acids is 1. The zero-order chi connectivity index (χ0) is 13.9. The molecule has 2 N–H and O–H groups in total. The molecule has 1 rings (SSSR count). The fraction of sp³-hybridized carbons (Fsp3) is 0.333. The minimum atomic E-state index is -4.90. The van der Waals surface area contributed by atoms with Crippen LogP contribution in [0.1, 0.15) is 28.8 Å². The third-order valence-electron chi connectivity index (χ3n) is 1.83. The van der Waals surface area contributed by atoms with Crippen molar-refractivity contribution in [2.75, 3.05) is 0 Å². The number of carboxylic acid groups (broad SMARTS) is 1. The minimum Gasteiger partial charge on any atom is -0.478 e. The molecule has 0 fully saturated rings. The van der Waals surface area contributed by atoms with E-state index in [0.29, 0.717) is 6.20 Å². The maximum Gasteiger partial charge on any atom is 0.434 e. The molecule has 6 nitrogen and oxygen atoms in total. The Bertz CT molecular complexity index is 488. The zero-order valence-corrected chi connectivity index (χ0v) is 9.08. The quantitative estimate of drug-likeness (QED) is 0.842. The first-order valence-electron chi connectivity index (χ1n) is 4.62. The molecule has 1 amide bonds. The number of nitrogens with zero attached hydrogens (tertiary/aromatic N) is 2. The number of rotatable bonds is 3. The lowest BCUT2D eigenvalue weighted by Gasteiger charge is -2.10. The van der Waals surface area contributed by atoms with Crippen LogP contribution in [-0.4, -0.2) is 27.0 Å². The van der Waals surface area contributed by atoms with Crippen LogP contribution in [0.25, 0.3) is 0 Å². The van der Waals surface area contributed by atoms with Crippen molar-refractivity contribution in [1.82, 2.24) is 15.3 Å². The summed E-state index contributed by atoms with van der Waals surface area (Å²) in [7, 11) is 0. The second-order valence-electron chi connectivity index (χ2n) is 3.26. The molecule has 0 radical (unpaired) electrons. The van der Waals surface area contributed by atoms with Gasteiger partial charge in [0.2, 0.25) is 5.91 Å². The Morgan fingerprint density at radius 1 is 1.44 bits per heavy atom. The number of hydrogen-bond acceptors (Lipinski definition) is 4. The van der Waals surface area contributed by atoms with Gasteiger partial charge in [-0.1, -0.05) is 0 Å². The molecule has 0 atom stereocenters. The monoisotopic (exact) mass is 263 g/mol. The Morgan fingerprint density at radius 3 is 2.50 bits per heavy atom. The van der Waals surface area contributed by atoms with Gasteiger partial charge in [0.15, 0.2) is 5.69 Å². The lowest BCUT2D eigenvalue weighted by molar-refractivity contribution is -0.141. The van der Waals surface area contributed by atoms with Crippen molar-refractivity contribution in [3.63, 3.8) is 0 Å². The van der Waals surface area contributed by atoms with E-state index in [-0.39, 0.29) is 12.4 Å². The predicted octanol–water partition coefficient (Wildman–Crippen LogP) is 0.830. The Balaban J connectivity index is 3.14. The highest BCUT2D eigenvalue weighted by Gasteiger charge is 2.38. The Kier molecular flexibility index (Phi) is 3.84. The molecule has 0 saturated carbocycles. The van der Waals surface area contributed by atoms with E-state index >= 15 is 0 Å². The summed E-state index contributed by atoms with van der Waals surface area (Å²) in [6, 6.07) is 0. The molecule has 0 bridgehead atoms. The van der Waals surface area contributed by atoms with E-state index < -0.39 is 29.3 Å². The van der Waals surface area contributed by atoms with Crippen molar-refractivity contribution < 1.29 is 27.9 Å². The number of halogens is 3. The van der Waals surface area contributed by atoms with Crippen LogP contribution in [0.15, 0.2) is 6.20 Å². The number of aromatic nitrogens is 2. The van der Waals surface area contributed by atoms with Crippen molar-refractivity contribution >= 4 is 11.9 Å². The van der Waals surface area contributed by atoms with Gasteiger partial charge in [-0.25, -0.2) is 14.8 Å². The van der Waals surface area contributed by atoms with Crippen LogP contribution in [0.3, 0.4) is 0 Å². The number of amides is 1. The van der Waals surface area contributed by atoms with Crippen LogP contribution in [0.2, 0.25) is 0 Å². The summed E-state index contributed by atoms with van der Waals surface area (Å²) in [6.45, 7) is 0.870. The highest BCUT2D eigenvalue weighted by Crippen LogP contribution is 2.30. The molecular weight excluding hydrogens is 255 g/mol. The van der Waals surface area contributed by atoms with E-state index in [1.807, 2.05) is 0 Å². The third kappa shape index (κ3) is 3.40. The molecule has 98 valence electrons. The topological polar surface area (TPSA) is 92.2 Å². The first kappa shape index (κ1) is 13.9. The van der Waals surface area contributed by atoms with Crippen LogP contribution in [-0.2, 0) is 17.5 Å². The van der Waals surface area contributed by atoms with Crippen molar-refractivity contribution in [2.24, 2.45) is 0 Å². The highest BCUT2D eigenvalue weighted by molar-refractivity contribution is 5.88. The lowest BCUT2D eigenvalue weighted by Crippen LogP contribution is -2.23. The molecule has 0 aromatic carbocycles. The van der Waals surface area contributed by atoms with E-state index in [2.05, 4.69) is 15.3 Å². The Labute approximate surface area is 98.9 Å². The zero-order valence-electron chi connectivity index (χ0n) is 9.08. The second-order valence-corrected chi connectivity index (χ2v) is 3.26. The summed E-state index contributed by atoms with van der Waals surface area (Å²) in [4.78, 5) is 27.7. The summed E-state index contributed by atoms with van der Waals surface area (Å²) < 4.78 is 37.6. The SMILES string of the molecule is CC(=O)NCc1ncc(C(=O)O)c(C(F)(F)F)n1. The average Bonchev–Trinajstić information content (AvgIpc) is 2.24. The summed E-state index contributed by atoms with van der Waals surface area (Å²) in [5.74, 6) is -2.55. The van der Waals surface area contributed by atoms with Gasteiger partial charge in [0, 0.05) is 13.1 Å². The number of alkyl halides is 3. The maximum atomic E-state index is 12.5. The number of carboxylic acids is 1. The summed E-state index contributed by atoms with van der Waals surface area (Å²) in [5, 5.41) is 10.8. The van der Waals surface area contributed by atoms with Crippen LogP contribution in [0.5, 0.6) is 0 Å². The molecule has 0 aliphatic rings. The van der Waals surface area contributed by atoms with Crippen LogP contribution in [0.4, 0.5) is 13.2 Å². The third-order valence-corrected chi connectivity index (χ3v) is 1.83. The van der Waals surface area contributed by atoms with Gasteiger partial charge < -0.3 is 10.4 Å². The molecule has 9 heteroatoms. The standard InChI is InChI=1S/C9H8F3N3O3/c1-4(16)13-3-6-14-2-5(8(17)18)7(15-6)9(10,11)12/h2H,3H2,1H3,(H,13,16)(H,17,18). The van der Waals surface area contributed by atoms with Gasteiger partial charge in [0.25, 0.3) is 0 Å². The molecule has 0 saturated heterocycles. The van der Waals surface area contributed by atoms with Crippen molar-refractivity contribution in [3.8, 4) is 0 Å². The van der Waals surface area contributed by atoms with Crippen LogP contribution >= 0.6 is 0 Å². The molecule has 0 unspecified atom stereocenters. The number of hydrogen-bond donors (Lipinski definition) is 2. The number of aromatic carboxylic acids is 1. The van der Waals surface area contributed by atoms with Crippen molar-refractivity contribution in [2.45, 2.75) is 19.6 Å². The van der Waals surface area contributed by atoms with E-state index in [0.717, 1.165) is 0 Å². The largest absolute Gasteiger partial charge is 0.478 e. The van der Waals surface area contributed by atoms with Crippen LogP contribution < -0.4 is 5.32 Å². The normalized spacial score (nSPS) is 11.1. The van der Waals surface area contributed by atoms with Crippen molar-refractivity contribution in [1.29, 1.82) is 0 Å². The summed E-state index contributed by atoms with van der Waals surface area (Å²) in [5.41, 5.74) is -2.57. The first-order valence-corrected chi connectivity index (χ1v) is 4.62. The van der Waals surface area contributed by atoms with E-state index in [4.69, 9.17) is 5.11 Å². The maximum absolute atomic E-state index is 12.5. The fourth-order valence-electron chi connectivity index (χ4n) is 1.08. The lowest BCUT2D eigenvalue weighted by atomic mass is 10.2. The van der Waals surface area contributed by atoms with Gasteiger partial charge in [0.1, 0.15) is 11.4 Å². The summed E-state index contributed by atoms with van der Waals surface area (Å²) in [6.07, 6.45) is -4.34. The van der Waals surface area contributed by atoms with Gasteiger partial charge >= 0.3 is 12.1 Å². The Morgan fingerprint density at radius 2 is 2.06 bits per heavy atom. The smallest absolute Gasteiger partial charge is 0.434 e. The van der Waals surface area contributed by atoms with Crippen LogP contribution in [0, 0.1) is 0 Å². The molecule has 1 aromatic heterocycles. The van der Waals surface area contributed by atoms with E-state index in [9.17, 15) is 22.8 Å². The Hall–Kier alpha value is -2.19. The molecule has 0 aliphatic heterocycles. The fourth-order valence-corrected chi connectivity index (χ4v) is 1.08. The molecule has 0 spiro atoms. The molecule has 0 aliphatic carbocycles. The van der Waals surface area contributed by atoms with Gasteiger partial charge in [-0.3, -0.25) is 4.79 Å². The minimum absolute atomic E-state index is 0.307. The van der Waals surface area contributed by atoms with Gasteiger partial charge in [-0.15, -0.1) is 0 Å². The van der Waals surface area contributed by atoms with E-state index in [1.165, 1.54) is 6.92 Å². The second kappa shape index (κ2) is 4.98. The molecule has 1 heterocycles. The first-order chi connectivity index (χ1) is 8.21. The molecule has 18 heavy (non-hydrogen) atoms. The van der Waals surface area contributed by atoms with Gasteiger partial charge in [-0.2, -0.15) is 13.2 Å². The van der Waals surface area contributed by atoms with Gasteiger partial charge in [-0.05, 0) is 0 Å². The summed E-state index contributed by atoms with van der Waals surface area (Å²) >= 11 is 0. The average molecular weight is 263 g/mol. The predicted molar refractivity (Wildman–Crippen MR) is 51.5 cm³/mol.